The maximum absolute atomic E-state index is 12.8. The Morgan fingerprint density at radius 2 is 1.41 bits per heavy atom. The molecule has 0 saturated heterocycles. The van der Waals surface area contributed by atoms with E-state index in [4.69, 9.17) is 4.74 Å². The van der Waals surface area contributed by atoms with Gasteiger partial charge in [-0.2, -0.15) is 10.2 Å². The highest BCUT2D eigenvalue weighted by atomic mass is 32.5. The summed E-state index contributed by atoms with van der Waals surface area (Å²) in [5.41, 5.74) is 2.37. The first-order valence-electron chi connectivity index (χ1n) is 10.8. The summed E-state index contributed by atoms with van der Waals surface area (Å²) >= 11 is 0. The minimum absolute atomic E-state index is 0.0250. The van der Waals surface area contributed by atoms with Gasteiger partial charge in [0.15, 0.2) is 0 Å². The molecule has 0 radical (unpaired) electrons. The summed E-state index contributed by atoms with van der Waals surface area (Å²) in [7, 11) is -9.70. The molecule has 182 valence electrons. The predicted octanol–water partition coefficient (Wildman–Crippen LogP) is 9.18. The molecule has 1 fully saturated rings. The molecule has 0 N–H and O–H groups in total. The van der Waals surface area contributed by atoms with Crippen molar-refractivity contribution in [3.63, 3.8) is 0 Å². The van der Waals surface area contributed by atoms with Crippen LogP contribution < -0.4 is 4.74 Å². The van der Waals surface area contributed by atoms with Crippen molar-refractivity contribution in [2.45, 2.75) is 49.5 Å². The SMILES string of the molecule is FS(F)(F)(F)(F)c1ccc(N=Nc2ccc(COc3ncncc3C3CCCCC3)cc2)cc1. The van der Waals surface area contributed by atoms with Crippen LogP contribution in [0.2, 0.25) is 0 Å². The van der Waals surface area contributed by atoms with Crippen LogP contribution >= 0.6 is 10.2 Å². The molecule has 3 aromatic rings. The van der Waals surface area contributed by atoms with E-state index in [9.17, 15) is 19.4 Å². The molecule has 1 aliphatic rings. The largest absolute Gasteiger partial charge is 0.473 e. The van der Waals surface area contributed by atoms with Gasteiger partial charge < -0.3 is 4.74 Å². The summed E-state index contributed by atoms with van der Waals surface area (Å²) in [6, 6.07) is 9.24. The molecule has 0 bridgehead atoms. The predicted molar refractivity (Wildman–Crippen MR) is 121 cm³/mol. The molecule has 0 atom stereocenters. The minimum Gasteiger partial charge on any atom is -0.473 e. The Bertz CT molecular complexity index is 1160. The van der Waals surface area contributed by atoms with Gasteiger partial charge in [0, 0.05) is 11.8 Å². The third kappa shape index (κ3) is 6.28. The molecular formula is C23H23F5N4OS. The zero-order chi connectivity index (χ0) is 24.3. The number of hydrogen-bond donors (Lipinski definition) is 0. The van der Waals surface area contributed by atoms with Crippen LogP contribution in [0.25, 0.3) is 0 Å². The Hall–Kier alpha value is -3.08. The van der Waals surface area contributed by atoms with Crippen molar-refractivity contribution in [3.05, 3.63) is 72.2 Å². The van der Waals surface area contributed by atoms with Gasteiger partial charge in [-0.25, -0.2) is 9.97 Å². The Labute approximate surface area is 193 Å². The topological polar surface area (TPSA) is 59.7 Å². The molecule has 1 aromatic heterocycles. The summed E-state index contributed by atoms with van der Waals surface area (Å²) in [5, 5.41) is 7.75. The average Bonchev–Trinajstić information content (AvgIpc) is 2.82. The second-order valence-electron chi connectivity index (χ2n) is 8.24. The van der Waals surface area contributed by atoms with E-state index in [1.54, 1.807) is 24.3 Å². The summed E-state index contributed by atoms with van der Waals surface area (Å²) in [4.78, 5) is 6.49. The Balaban J connectivity index is 1.38. The highest BCUT2D eigenvalue weighted by Gasteiger charge is 2.65. The molecule has 11 heteroatoms. The van der Waals surface area contributed by atoms with E-state index in [0.717, 1.165) is 36.1 Å². The summed E-state index contributed by atoms with van der Waals surface area (Å²) < 4.78 is 69.9. The highest BCUT2D eigenvalue weighted by Crippen LogP contribution is 3.02. The Kier molecular flexibility index (Phi) is 6.09. The Morgan fingerprint density at radius 3 is 2.00 bits per heavy atom. The number of azo groups is 1. The number of benzene rings is 2. The van der Waals surface area contributed by atoms with Gasteiger partial charge in [-0.1, -0.05) is 50.8 Å². The molecule has 2 aromatic carbocycles. The van der Waals surface area contributed by atoms with E-state index >= 15 is 0 Å². The van der Waals surface area contributed by atoms with Crippen molar-refractivity contribution in [2.75, 3.05) is 0 Å². The maximum Gasteiger partial charge on any atom is 0.310 e. The van der Waals surface area contributed by atoms with Gasteiger partial charge in [0.2, 0.25) is 5.88 Å². The molecule has 4 rings (SSSR count). The first kappa shape index (κ1) is 24.1. The lowest BCUT2D eigenvalue weighted by atomic mass is 9.85. The van der Waals surface area contributed by atoms with Crippen molar-refractivity contribution in [3.8, 4) is 5.88 Å². The minimum atomic E-state index is -9.70. The van der Waals surface area contributed by atoms with Crippen LogP contribution in [-0.4, -0.2) is 9.97 Å². The first-order valence-corrected chi connectivity index (χ1v) is 12.7. The van der Waals surface area contributed by atoms with Crippen LogP contribution in [0.3, 0.4) is 0 Å². The van der Waals surface area contributed by atoms with Crippen LogP contribution in [0.15, 0.2) is 76.2 Å². The van der Waals surface area contributed by atoms with E-state index in [-0.39, 0.29) is 5.69 Å². The zero-order valence-electron chi connectivity index (χ0n) is 18.1. The van der Waals surface area contributed by atoms with Crippen LogP contribution in [0, 0.1) is 0 Å². The van der Waals surface area contributed by atoms with Crippen LogP contribution in [0.4, 0.5) is 30.8 Å². The van der Waals surface area contributed by atoms with Gasteiger partial charge in [0.1, 0.15) is 17.8 Å². The number of nitrogens with zero attached hydrogens (tertiary/aromatic N) is 4. The van der Waals surface area contributed by atoms with Crippen molar-refractivity contribution in [2.24, 2.45) is 10.2 Å². The number of hydrogen-bond acceptors (Lipinski definition) is 5. The van der Waals surface area contributed by atoms with Gasteiger partial charge in [-0.15, -0.1) is 0 Å². The molecule has 0 amide bonds. The lowest BCUT2D eigenvalue weighted by Crippen LogP contribution is -2.09. The van der Waals surface area contributed by atoms with Crippen molar-refractivity contribution in [1.82, 2.24) is 9.97 Å². The Morgan fingerprint density at radius 1 is 0.824 bits per heavy atom. The fraction of sp³-hybridized carbons (Fsp3) is 0.304. The number of ether oxygens (including phenoxy) is 1. The molecule has 0 unspecified atom stereocenters. The normalized spacial score (nSPS) is 17.3. The van der Waals surface area contributed by atoms with Crippen molar-refractivity contribution in [1.29, 1.82) is 0 Å². The van der Waals surface area contributed by atoms with E-state index < -0.39 is 15.1 Å². The van der Waals surface area contributed by atoms with Crippen molar-refractivity contribution < 1.29 is 24.2 Å². The second-order valence-corrected chi connectivity index (χ2v) is 10.6. The second kappa shape index (κ2) is 8.61. The van der Waals surface area contributed by atoms with Gasteiger partial charge >= 0.3 is 10.2 Å². The average molecular weight is 499 g/mol. The molecule has 1 heterocycles. The fourth-order valence-electron chi connectivity index (χ4n) is 3.84. The van der Waals surface area contributed by atoms with Gasteiger partial charge in [0.05, 0.1) is 11.4 Å². The molecule has 5 nitrogen and oxygen atoms in total. The quantitative estimate of drug-likeness (QED) is 0.241. The summed E-state index contributed by atoms with van der Waals surface area (Å²) in [6.45, 7) is 0.296. The fourth-order valence-corrected chi connectivity index (χ4v) is 4.49. The maximum atomic E-state index is 12.8. The van der Waals surface area contributed by atoms with E-state index in [1.165, 1.54) is 25.6 Å². The third-order valence-electron chi connectivity index (χ3n) is 5.62. The standard InChI is InChI=1S/C23H23F5N4OS/c24-34(25,26,27,28)21-12-10-20(11-13-21)32-31-19-8-6-17(7-9-19)15-33-23-22(14-29-16-30-23)18-4-2-1-3-5-18/h6-14,16,18H,1-5,15H2. The molecular weight excluding hydrogens is 475 g/mol. The number of aromatic nitrogens is 2. The number of halogens is 5. The van der Waals surface area contributed by atoms with E-state index in [1.807, 2.05) is 6.20 Å². The molecule has 0 aliphatic heterocycles. The van der Waals surface area contributed by atoms with Crippen LogP contribution in [-0.2, 0) is 6.61 Å². The highest BCUT2D eigenvalue weighted by molar-refractivity contribution is 8.45. The molecule has 1 aliphatic carbocycles. The van der Waals surface area contributed by atoms with Crippen LogP contribution in [0.5, 0.6) is 5.88 Å². The third-order valence-corrected chi connectivity index (χ3v) is 6.79. The van der Waals surface area contributed by atoms with E-state index in [2.05, 4.69) is 20.2 Å². The van der Waals surface area contributed by atoms with Gasteiger partial charge in [-0.3, -0.25) is 0 Å². The molecule has 34 heavy (non-hydrogen) atoms. The first-order chi connectivity index (χ1) is 16.0. The lowest BCUT2D eigenvalue weighted by molar-refractivity contribution is 0.284. The van der Waals surface area contributed by atoms with Crippen LogP contribution in [0.1, 0.15) is 49.1 Å². The van der Waals surface area contributed by atoms with Gasteiger partial charge in [0.25, 0.3) is 0 Å². The summed E-state index contributed by atoms with van der Waals surface area (Å²) in [6.07, 6.45) is 9.13. The number of rotatable bonds is 7. The molecule has 0 spiro atoms. The summed E-state index contributed by atoms with van der Waals surface area (Å²) in [5.74, 6) is 0.992. The smallest absolute Gasteiger partial charge is 0.310 e. The zero-order valence-corrected chi connectivity index (χ0v) is 18.9. The van der Waals surface area contributed by atoms with E-state index in [0.29, 0.717) is 36.2 Å². The van der Waals surface area contributed by atoms with Gasteiger partial charge in [-0.05, 0) is 60.7 Å². The monoisotopic (exact) mass is 498 g/mol. The molecule has 1 saturated carbocycles. The lowest BCUT2D eigenvalue weighted by Gasteiger charge is -2.40. The van der Waals surface area contributed by atoms with Crippen molar-refractivity contribution >= 4 is 21.6 Å².